The normalized spacial score (nSPS) is 32.6. The van der Waals surface area contributed by atoms with Crippen molar-refractivity contribution in [1.82, 2.24) is 9.80 Å². The van der Waals surface area contributed by atoms with E-state index in [0.29, 0.717) is 25.8 Å². The highest BCUT2D eigenvalue weighted by atomic mass is 16.6. The second-order valence-corrected chi connectivity index (χ2v) is 11.3. The van der Waals surface area contributed by atoms with E-state index >= 15 is 0 Å². The summed E-state index contributed by atoms with van der Waals surface area (Å²) in [6.07, 6.45) is 10.5. The molecule has 206 valence electrons. The zero-order valence-corrected chi connectivity index (χ0v) is 22.5. The average Bonchev–Trinajstić information content (AvgIpc) is 3.55. The first-order valence-corrected chi connectivity index (χ1v) is 14.2. The maximum atomic E-state index is 14.5. The predicted molar refractivity (Wildman–Crippen MR) is 139 cm³/mol. The Morgan fingerprint density at radius 2 is 1.97 bits per heavy atom. The lowest BCUT2D eigenvalue weighted by Gasteiger charge is -2.43. The van der Waals surface area contributed by atoms with Crippen molar-refractivity contribution in [2.75, 3.05) is 19.8 Å². The Bertz CT molecular complexity index is 886. The van der Waals surface area contributed by atoms with Crippen LogP contribution in [0.1, 0.15) is 71.6 Å². The quantitative estimate of drug-likeness (QED) is 0.243. The third-order valence-electron chi connectivity index (χ3n) is 9.28. The summed E-state index contributed by atoms with van der Waals surface area (Å²) in [5.41, 5.74) is -1.09. The van der Waals surface area contributed by atoms with E-state index in [1.54, 1.807) is 17.1 Å². The molecule has 0 aromatic rings. The SMILES string of the molecule is C=CCCOC(=O)[C@@H]1[C@H]2C(=O)N([C@@H](CO)[C@@H](C)CC)C(C(=O)N(CC=C)C3CCCCC3)C23CC[C@H]1O3. The minimum atomic E-state index is -1.09. The summed E-state index contributed by atoms with van der Waals surface area (Å²) in [7, 11) is 0. The summed E-state index contributed by atoms with van der Waals surface area (Å²) in [5.74, 6) is -2.42. The van der Waals surface area contributed by atoms with Gasteiger partial charge in [-0.2, -0.15) is 0 Å². The number of hydrogen-bond acceptors (Lipinski definition) is 6. The molecule has 2 unspecified atom stereocenters. The molecule has 3 saturated heterocycles. The van der Waals surface area contributed by atoms with Crippen LogP contribution in [0, 0.1) is 17.8 Å². The van der Waals surface area contributed by atoms with Crippen LogP contribution >= 0.6 is 0 Å². The lowest BCUT2D eigenvalue weighted by atomic mass is 9.70. The van der Waals surface area contributed by atoms with Gasteiger partial charge in [-0.05, 0) is 38.0 Å². The molecule has 2 bridgehead atoms. The van der Waals surface area contributed by atoms with Gasteiger partial charge in [-0.1, -0.05) is 51.7 Å². The van der Waals surface area contributed by atoms with Gasteiger partial charge in [0.2, 0.25) is 11.8 Å². The lowest BCUT2D eigenvalue weighted by Crippen LogP contribution is -2.61. The van der Waals surface area contributed by atoms with Gasteiger partial charge < -0.3 is 24.4 Å². The van der Waals surface area contributed by atoms with Crippen molar-refractivity contribution >= 4 is 17.8 Å². The van der Waals surface area contributed by atoms with E-state index in [0.717, 1.165) is 38.5 Å². The number of carbonyl (C=O) groups excluding carboxylic acids is 3. The molecule has 8 nitrogen and oxygen atoms in total. The molecule has 0 radical (unpaired) electrons. The summed E-state index contributed by atoms with van der Waals surface area (Å²) < 4.78 is 12.1. The summed E-state index contributed by atoms with van der Waals surface area (Å²) in [6, 6.07) is -1.33. The topological polar surface area (TPSA) is 96.4 Å². The summed E-state index contributed by atoms with van der Waals surface area (Å²) >= 11 is 0. The Morgan fingerprint density at radius 1 is 1.24 bits per heavy atom. The smallest absolute Gasteiger partial charge is 0.312 e. The largest absolute Gasteiger partial charge is 0.465 e. The van der Waals surface area contributed by atoms with Crippen LogP contribution in [0.25, 0.3) is 0 Å². The molecule has 3 heterocycles. The molecule has 4 rings (SSSR count). The molecular weight excluding hydrogens is 472 g/mol. The van der Waals surface area contributed by atoms with E-state index in [2.05, 4.69) is 13.2 Å². The number of fused-ring (bicyclic) bond motifs is 1. The molecule has 1 aliphatic carbocycles. The van der Waals surface area contributed by atoms with E-state index in [9.17, 15) is 19.5 Å². The van der Waals surface area contributed by atoms with Gasteiger partial charge >= 0.3 is 5.97 Å². The molecule has 0 aromatic carbocycles. The molecule has 4 aliphatic rings. The van der Waals surface area contributed by atoms with Crippen molar-refractivity contribution in [3.63, 3.8) is 0 Å². The molecule has 0 aromatic heterocycles. The third-order valence-corrected chi connectivity index (χ3v) is 9.28. The van der Waals surface area contributed by atoms with Crippen LogP contribution in [0.3, 0.4) is 0 Å². The number of esters is 1. The van der Waals surface area contributed by atoms with Crippen molar-refractivity contribution in [3.05, 3.63) is 25.3 Å². The Hall–Kier alpha value is -2.19. The van der Waals surface area contributed by atoms with Crippen LogP contribution in [-0.4, -0.2) is 82.3 Å². The Morgan fingerprint density at radius 3 is 2.59 bits per heavy atom. The minimum absolute atomic E-state index is 0.0304. The monoisotopic (exact) mass is 516 g/mol. The first kappa shape index (κ1) is 27.8. The highest BCUT2D eigenvalue weighted by molar-refractivity contribution is 5.98. The van der Waals surface area contributed by atoms with Gasteiger partial charge in [-0.25, -0.2) is 0 Å². The van der Waals surface area contributed by atoms with E-state index in [1.807, 2.05) is 18.7 Å². The van der Waals surface area contributed by atoms with E-state index in [1.165, 1.54) is 0 Å². The third kappa shape index (κ3) is 4.76. The standard InChI is InChI=1S/C29H44N2O6/c1-5-8-17-36-28(35)23-22-14-15-29(37-22)24(23)26(33)31(21(18-32)19(4)7-3)25(29)27(34)30(16-6-2)20-12-10-9-11-13-20/h5-6,19-25,32H,1-2,7-18H2,3-4H3/t19-,21-,22+,23-,24-,25?,29?/m0/s1. The van der Waals surface area contributed by atoms with E-state index in [4.69, 9.17) is 9.47 Å². The van der Waals surface area contributed by atoms with Crippen molar-refractivity contribution < 1.29 is 29.0 Å². The van der Waals surface area contributed by atoms with Crippen molar-refractivity contribution in [1.29, 1.82) is 0 Å². The van der Waals surface area contributed by atoms with Gasteiger partial charge in [0, 0.05) is 12.6 Å². The van der Waals surface area contributed by atoms with Crippen LogP contribution < -0.4 is 0 Å². The number of aliphatic hydroxyl groups is 1. The average molecular weight is 517 g/mol. The molecule has 4 fully saturated rings. The van der Waals surface area contributed by atoms with Gasteiger partial charge in [-0.15, -0.1) is 13.2 Å². The van der Waals surface area contributed by atoms with Crippen LogP contribution in [0.5, 0.6) is 0 Å². The first-order valence-electron chi connectivity index (χ1n) is 14.2. The van der Waals surface area contributed by atoms with Gasteiger partial charge in [0.25, 0.3) is 0 Å². The fourth-order valence-corrected chi connectivity index (χ4v) is 7.26. The second-order valence-electron chi connectivity index (χ2n) is 11.3. The predicted octanol–water partition coefficient (Wildman–Crippen LogP) is 3.23. The van der Waals surface area contributed by atoms with Crippen LogP contribution in [0.15, 0.2) is 25.3 Å². The number of amides is 2. The maximum Gasteiger partial charge on any atom is 0.312 e. The van der Waals surface area contributed by atoms with Gasteiger partial charge in [-0.3, -0.25) is 14.4 Å². The van der Waals surface area contributed by atoms with Crippen molar-refractivity contribution in [2.45, 2.75) is 101 Å². The number of hydrogen-bond donors (Lipinski definition) is 1. The fraction of sp³-hybridized carbons (Fsp3) is 0.759. The molecular formula is C29H44N2O6. The Balaban J connectivity index is 1.74. The molecule has 3 aliphatic heterocycles. The van der Waals surface area contributed by atoms with Crippen LogP contribution in [0.2, 0.25) is 0 Å². The summed E-state index contributed by atoms with van der Waals surface area (Å²) in [4.78, 5) is 45.5. The zero-order chi connectivity index (χ0) is 26.7. The molecule has 2 amide bonds. The number of carbonyl (C=O) groups is 3. The molecule has 37 heavy (non-hydrogen) atoms. The van der Waals surface area contributed by atoms with Gasteiger partial charge in [0.05, 0.1) is 37.2 Å². The fourth-order valence-electron chi connectivity index (χ4n) is 7.26. The van der Waals surface area contributed by atoms with Crippen molar-refractivity contribution in [3.8, 4) is 0 Å². The Labute approximate surface area is 221 Å². The van der Waals surface area contributed by atoms with Crippen molar-refractivity contribution in [2.24, 2.45) is 17.8 Å². The molecule has 1 N–H and O–H groups in total. The molecule has 1 spiro atoms. The van der Waals surface area contributed by atoms with Crippen LogP contribution in [-0.2, 0) is 23.9 Å². The highest BCUT2D eigenvalue weighted by Crippen LogP contribution is 2.59. The number of nitrogens with zero attached hydrogens (tertiary/aromatic N) is 2. The minimum Gasteiger partial charge on any atom is -0.465 e. The lowest BCUT2D eigenvalue weighted by molar-refractivity contribution is -0.157. The van der Waals surface area contributed by atoms with E-state index < -0.39 is 41.6 Å². The summed E-state index contributed by atoms with van der Waals surface area (Å²) in [5, 5.41) is 10.5. The number of aliphatic hydroxyl groups excluding tert-OH is 1. The number of ether oxygens (including phenoxy) is 2. The Kier molecular flexibility index (Phi) is 8.79. The molecule has 7 atom stereocenters. The van der Waals surface area contributed by atoms with Gasteiger partial charge in [0.1, 0.15) is 11.6 Å². The summed E-state index contributed by atoms with van der Waals surface area (Å²) in [6.45, 7) is 11.9. The highest BCUT2D eigenvalue weighted by Gasteiger charge is 2.75. The number of rotatable bonds is 12. The first-order chi connectivity index (χ1) is 17.9. The second kappa shape index (κ2) is 11.7. The molecule has 1 saturated carbocycles. The molecule has 8 heteroatoms. The number of likely N-dealkylation sites (tertiary alicyclic amines) is 1. The van der Waals surface area contributed by atoms with Crippen LogP contribution in [0.4, 0.5) is 0 Å². The zero-order valence-electron chi connectivity index (χ0n) is 22.5. The van der Waals surface area contributed by atoms with E-state index in [-0.39, 0.29) is 37.0 Å². The maximum absolute atomic E-state index is 14.5. The van der Waals surface area contributed by atoms with Gasteiger partial charge in [0.15, 0.2) is 0 Å².